The summed E-state index contributed by atoms with van der Waals surface area (Å²) in [4.78, 5) is 23.2. The van der Waals surface area contributed by atoms with Gasteiger partial charge < -0.3 is 15.2 Å². The Morgan fingerprint density at radius 2 is 2.19 bits per heavy atom. The van der Waals surface area contributed by atoms with Crippen LogP contribution in [0.4, 0.5) is 0 Å². The van der Waals surface area contributed by atoms with Gasteiger partial charge in [-0.15, -0.1) is 0 Å². The average molecular weight is 330 g/mol. The largest absolute Gasteiger partial charge is 0.491 e. The van der Waals surface area contributed by atoms with E-state index in [9.17, 15) is 14.7 Å². The normalized spacial score (nSPS) is 21.0. The highest BCUT2D eigenvalue weighted by Gasteiger charge is 2.43. The van der Waals surface area contributed by atoms with Gasteiger partial charge in [-0.25, -0.2) is 4.79 Å². The van der Waals surface area contributed by atoms with Crippen molar-refractivity contribution in [2.45, 2.75) is 18.4 Å². The van der Waals surface area contributed by atoms with Gasteiger partial charge in [0.25, 0.3) is 0 Å². The van der Waals surface area contributed by atoms with E-state index in [1.54, 1.807) is 24.3 Å². The predicted octanol–water partition coefficient (Wildman–Crippen LogP) is 2.19. The average Bonchev–Trinajstić information content (AvgIpc) is 2.91. The number of hydrogen-bond acceptors (Lipinski definition) is 4. The summed E-state index contributed by atoms with van der Waals surface area (Å²) in [5.74, 6) is 0.346. The van der Waals surface area contributed by atoms with E-state index in [2.05, 4.69) is 5.32 Å². The molecule has 7 heteroatoms. The van der Waals surface area contributed by atoms with Crippen molar-refractivity contribution in [1.29, 1.82) is 0 Å². The van der Waals surface area contributed by atoms with Gasteiger partial charge in [0, 0.05) is 5.75 Å². The Morgan fingerprint density at radius 1 is 1.43 bits per heavy atom. The van der Waals surface area contributed by atoms with Crippen LogP contribution in [0.25, 0.3) is 0 Å². The standard InChI is InChI=1S/C14H16ClNO4S/c15-10-3-1-2-4-11(10)20-7-5-12(17)16-14(13(18)19)6-8-21-9-14/h1-4H,5-9H2,(H,16,17)(H,18,19). The van der Waals surface area contributed by atoms with E-state index in [0.29, 0.717) is 22.9 Å². The topological polar surface area (TPSA) is 75.6 Å². The van der Waals surface area contributed by atoms with Crippen LogP contribution in [0.5, 0.6) is 5.75 Å². The van der Waals surface area contributed by atoms with Crippen molar-refractivity contribution in [3.05, 3.63) is 29.3 Å². The summed E-state index contributed by atoms with van der Waals surface area (Å²) < 4.78 is 5.42. The Bertz CT molecular complexity index is 531. The molecule has 0 saturated carbocycles. The van der Waals surface area contributed by atoms with Gasteiger partial charge in [0.1, 0.15) is 11.3 Å². The molecule has 1 unspecified atom stereocenters. The summed E-state index contributed by atoms with van der Waals surface area (Å²) in [6, 6.07) is 6.99. The van der Waals surface area contributed by atoms with Gasteiger partial charge in [-0.05, 0) is 24.3 Å². The van der Waals surface area contributed by atoms with Gasteiger partial charge in [-0.2, -0.15) is 11.8 Å². The molecule has 5 nitrogen and oxygen atoms in total. The lowest BCUT2D eigenvalue weighted by Crippen LogP contribution is -2.54. The van der Waals surface area contributed by atoms with E-state index in [0.717, 1.165) is 5.75 Å². The highest BCUT2D eigenvalue weighted by molar-refractivity contribution is 7.99. The van der Waals surface area contributed by atoms with E-state index in [1.807, 2.05) is 0 Å². The molecule has 1 aliphatic heterocycles. The molecule has 2 N–H and O–H groups in total. The number of para-hydroxylation sites is 1. The molecule has 1 fully saturated rings. The zero-order valence-electron chi connectivity index (χ0n) is 11.3. The van der Waals surface area contributed by atoms with Crippen LogP contribution in [0.15, 0.2) is 24.3 Å². The third-order valence-corrected chi connectivity index (χ3v) is 4.74. The number of halogens is 1. The maximum Gasteiger partial charge on any atom is 0.330 e. The molecule has 0 radical (unpaired) electrons. The molecule has 1 atom stereocenters. The maximum atomic E-state index is 11.9. The number of thioether (sulfide) groups is 1. The Balaban J connectivity index is 1.82. The fourth-order valence-electron chi connectivity index (χ4n) is 2.03. The van der Waals surface area contributed by atoms with Crippen LogP contribution in [0, 0.1) is 0 Å². The molecule has 21 heavy (non-hydrogen) atoms. The Morgan fingerprint density at radius 3 is 2.81 bits per heavy atom. The molecule has 1 aliphatic rings. The van der Waals surface area contributed by atoms with E-state index >= 15 is 0 Å². The molecule has 2 rings (SSSR count). The predicted molar refractivity (Wildman–Crippen MR) is 82.0 cm³/mol. The lowest BCUT2D eigenvalue weighted by atomic mass is 9.99. The molecule has 1 aromatic rings. The molecule has 0 bridgehead atoms. The van der Waals surface area contributed by atoms with E-state index in [1.165, 1.54) is 11.8 Å². The lowest BCUT2D eigenvalue weighted by molar-refractivity contribution is -0.146. The summed E-state index contributed by atoms with van der Waals surface area (Å²) in [6.45, 7) is 0.151. The van der Waals surface area contributed by atoms with Crippen molar-refractivity contribution in [2.75, 3.05) is 18.1 Å². The first-order chi connectivity index (χ1) is 10.0. The van der Waals surface area contributed by atoms with E-state index < -0.39 is 11.5 Å². The maximum absolute atomic E-state index is 11.9. The zero-order chi connectivity index (χ0) is 15.3. The van der Waals surface area contributed by atoms with Crippen LogP contribution in [0.3, 0.4) is 0 Å². The molecule has 0 spiro atoms. The number of carbonyl (C=O) groups is 2. The molecule has 1 heterocycles. The highest BCUT2D eigenvalue weighted by Crippen LogP contribution is 2.28. The van der Waals surface area contributed by atoms with Crippen LogP contribution in [-0.4, -0.2) is 40.6 Å². The number of carboxylic acid groups (broad SMARTS) is 1. The van der Waals surface area contributed by atoms with Gasteiger partial charge in [0.15, 0.2) is 0 Å². The molecule has 1 saturated heterocycles. The van der Waals surface area contributed by atoms with Crippen LogP contribution in [-0.2, 0) is 9.59 Å². The second kappa shape index (κ2) is 7.04. The first-order valence-corrected chi connectivity index (χ1v) is 8.06. The highest BCUT2D eigenvalue weighted by atomic mass is 35.5. The van der Waals surface area contributed by atoms with Crippen molar-refractivity contribution in [1.82, 2.24) is 5.32 Å². The van der Waals surface area contributed by atoms with Gasteiger partial charge in [-0.3, -0.25) is 4.79 Å². The first-order valence-electron chi connectivity index (χ1n) is 6.53. The van der Waals surface area contributed by atoms with Crippen molar-refractivity contribution in [3.8, 4) is 5.75 Å². The van der Waals surface area contributed by atoms with Crippen LogP contribution in [0.1, 0.15) is 12.8 Å². The van der Waals surface area contributed by atoms with Crippen molar-refractivity contribution in [2.24, 2.45) is 0 Å². The summed E-state index contributed by atoms with van der Waals surface area (Å²) in [6.07, 6.45) is 0.537. The third-order valence-electron chi connectivity index (χ3n) is 3.23. The summed E-state index contributed by atoms with van der Waals surface area (Å²) in [5, 5.41) is 12.4. The number of hydrogen-bond donors (Lipinski definition) is 2. The smallest absolute Gasteiger partial charge is 0.330 e. The summed E-state index contributed by atoms with van der Waals surface area (Å²) in [7, 11) is 0. The van der Waals surface area contributed by atoms with Crippen molar-refractivity contribution in [3.63, 3.8) is 0 Å². The van der Waals surface area contributed by atoms with Crippen LogP contribution in [0.2, 0.25) is 5.02 Å². The molecule has 1 aromatic carbocycles. The minimum atomic E-state index is -1.13. The van der Waals surface area contributed by atoms with Gasteiger partial charge in [0.05, 0.1) is 18.1 Å². The number of benzene rings is 1. The minimum absolute atomic E-state index is 0.0882. The van der Waals surface area contributed by atoms with E-state index in [-0.39, 0.29) is 18.9 Å². The number of nitrogens with one attached hydrogen (secondary N) is 1. The molecule has 0 aliphatic carbocycles. The quantitative estimate of drug-likeness (QED) is 0.836. The fourth-order valence-corrected chi connectivity index (χ4v) is 3.55. The van der Waals surface area contributed by atoms with Gasteiger partial charge >= 0.3 is 5.97 Å². The second-order valence-corrected chi connectivity index (χ2v) is 6.28. The number of carboxylic acids is 1. The molecular weight excluding hydrogens is 314 g/mol. The van der Waals surface area contributed by atoms with Gasteiger partial charge in [0.2, 0.25) is 5.91 Å². The van der Waals surface area contributed by atoms with E-state index in [4.69, 9.17) is 16.3 Å². The first kappa shape index (κ1) is 16.0. The summed E-state index contributed by atoms with van der Waals surface area (Å²) in [5.41, 5.74) is -1.13. The SMILES string of the molecule is O=C(CCOc1ccccc1Cl)NC1(C(=O)O)CCSC1. The minimum Gasteiger partial charge on any atom is -0.491 e. The van der Waals surface area contributed by atoms with Crippen molar-refractivity contribution >= 4 is 35.2 Å². The Hall–Kier alpha value is -1.40. The van der Waals surface area contributed by atoms with Gasteiger partial charge in [-0.1, -0.05) is 23.7 Å². The molecule has 0 aromatic heterocycles. The van der Waals surface area contributed by atoms with Crippen molar-refractivity contribution < 1.29 is 19.4 Å². The molecule has 114 valence electrons. The monoisotopic (exact) mass is 329 g/mol. The lowest BCUT2D eigenvalue weighted by Gasteiger charge is -2.24. The third kappa shape index (κ3) is 4.04. The van der Waals surface area contributed by atoms with Crippen LogP contribution < -0.4 is 10.1 Å². The zero-order valence-corrected chi connectivity index (χ0v) is 12.9. The number of rotatable bonds is 6. The Labute approximate surface area is 132 Å². The fraction of sp³-hybridized carbons (Fsp3) is 0.429. The number of carbonyl (C=O) groups excluding carboxylic acids is 1. The van der Waals surface area contributed by atoms with Crippen LogP contribution >= 0.6 is 23.4 Å². The molecule has 1 amide bonds. The molecular formula is C14H16ClNO4S. The Kier molecular flexibility index (Phi) is 5.36. The second-order valence-electron chi connectivity index (χ2n) is 4.77. The number of amides is 1. The number of ether oxygens (including phenoxy) is 1. The number of aliphatic carboxylic acids is 1. The summed E-state index contributed by atoms with van der Waals surface area (Å²) >= 11 is 7.46.